The maximum atomic E-state index is 12.6. The van der Waals surface area contributed by atoms with E-state index in [9.17, 15) is 18.0 Å². The number of halogens is 3. The molecule has 0 aromatic carbocycles. The summed E-state index contributed by atoms with van der Waals surface area (Å²) in [7, 11) is 0. The Hall–Kier alpha value is -0.540. The van der Waals surface area contributed by atoms with Crippen LogP contribution in [0.5, 0.6) is 0 Å². The number of rotatable bonds is 4. The fourth-order valence-electron chi connectivity index (χ4n) is 5.76. The van der Waals surface area contributed by atoms with Gasteiger partial charge in [0, 0.05) is 18.3 Å². The first kappa shape index (κ1) is 14.4. The van der Waals surface area contributed by atoms with Gasteiger partial charge in [-0.15, -0.1) is 0 Å². The lowest BCUT2D eigenvalue weighted by Crippen LogP contribution is -2.53. The first-order valence-electron chi connectivity index (χ1n) is 7.80. The molecule has 4 saturated carbocycles. The van der Waals surface area contributed by atoms with Crippen molar-refractivity contribution in [2.75, 3.05) is 0 Å². The fourth-order valence-corrected chi connectivity index (χ4v) is 5.76. The van der Waals surface area contributed by atoms with E-state index in [0.717, 1.165) is 19.3 Å². The van der Waals surface area contributed by atoms with Gasteiger partial charge in [-0.05, 0) is 62.2 Å². The molecule has 4 aliphatic carbocycles. The van der Waals surface area contributed by atoms with Crippen molar-refractivity contribution in [1.29, 1.82) is 0 Å². The minimum absolute atomic E-state index is 0.0316. The zero-order valence-corrected chi connectivity index (χ0v) is 12.1. The monoisotopic (exact) mass is 288 g/mol. The summed E-state index contributed by atoms with van der Waals surface area (Å²) in [4.78, 5) is 12.6. The summed E-state index contributed by atoms with van der Waals surface area (Å²) in [6.07, 6.45) is 1.65. The first-order chi connectivity index (χ1) is 9.20. The van der Waals surface area contributed by atoms with Crippen molar-refractivity contribution < 1.29 is 18.0 Å². The molecule has 0 aromatic rings. The van der Waals surface area contributed by atoms with Crippen molar-refractivity contribution in [1.82, 2.24) is 0 Å². The highest BCUT2D eigenvalue weighted by Crippen LogP contribution is 2.65. The van der Waals surface area contributed by atoms with E-state index in [1.165, 1.54) is 19.3 Å². The summed E-state index contributed by atoms with van der Waals surface area (Å²) < 4.78 is 36.7. The van der Waals surface area contributed by atoms with Crippen molar-refractivity contribution in [3.05, 3.63) is 0 Å². The van der Waals surface area contributed by atoms with Gasteiger partial charge in [0.1, 0.15) is 5.78 Å². The van der Waals surface area contributed by atoms with E-state index >= 15 is 0 Å². The van der Waals surface area contributed by atoms with Gasteiger partial charge in [0.2, 0.25) is 0 Å². The Morgan fingerprint density at radius 2 is 1.75 bits per heavy atom. The molecule has 0 heterocycles. The lowest BCUT2D eigenvalue weighted by Gasteiger charge is -2.60. The molecule has 4 rings (SSSR count). The molecule has 0 N–H and O–H groups in total. The number of Topliss-reactive ketones (excluding diaryl/α,β-unsaturated/α-hetero) is 1. The molecule has 2 atom stereocenters. The van der Waals surface area contributed by atoms with E-state index in [-0.39, 0.29) is 29.5 Å². The topological polar surface area (TPSA) is 17.1 Å². The van der Waals surface area contributed by atoms with Crippen molar-refractivity contribution in [3.63, 3.8) is 0 Å². The van der Waals surface area contributed by atoms with Crippen LogP contribution in [0.25, 0.3) is 0 Å². The summed E-state index contributed by atoms with van der Waals surface area (Å²) in [5.74, 6) is 1.42. The summed E-state index contributed by atoms with van der Waals surface area (Å²) in [5, 5.41) is 0. The third kappa shape index (κ3) is 2.62. The number of hydrogen-bond donors (Lipinski definition) is 0. The minimum atomic E-state index is -4.13. The zero-order chi connectivity index (χ0) is 14.6. The Balaban J connectivity index is 1.65. The smallest absolute Gasteiger partial charge is 0.299 e. The molecule has 0 radical (unpaired) electrons. The molecule has 0 amide bonds. The highest BCUT2D eigenvalue weighted by Gasteiger charge is 2.58. The van der Waals surface area contributed by atoms with E-state index in [2.05, 4.69) is 6.92 Å². The number of carbonyl (C=O) groups is 1. The Morgan fingerprint density at radius 1 is 1.15 bits per heavy atom. The highest BCUT2D eigenvalue weighted by molar-refractivity contribution is 5.85. The maximum absolute atomic E-state index is 12.6. The van der Waals surface area contributed by atoms with E-state index in [0.29, 0.717) is 11.8 Å². The molecule has 20 heavy (non-hydrogen) atoms. The van der Waals surface area contributed by atoms with Crippen LogP contribution in [0.2, 0.25) is 0 Å². The van der Waals surface area contributed by atoms with Crippen LogP contribution < -0.4 is 0 Å². The van der Waals surface area contributed by atoms with Crippen molar-refractivity contribution >= 4 is 5.78 Å². The molecule has 4 bridgehead atoms. The average molecular weight is 288 g/mol. The second kappa shape index (κ2) is 4.48. The number of hydrogen-bond acceptors (Lipinski definition) is 1. The molecule has 114 valence electrons. The SMILES string of the molecule is CC12CC3CC(C1)CC(C(=O)CCCC(F)(F)F)(C3)C2. The fraction of sp³-hybridized carbons (Fsp3) is 0.938. The molecule has 0 spiro atoms. The van der Waals surface area contributed by atoms with Gasteiger partial charge in [-0.25, -0.2) is 0 Å². The Kier molecular flexibility index (Phi) is 3.22. The summed E-state index contributed by atoms with van der Waals surface area (Å²) in [5.41, 5.74) is 0.0220. The van der Waals surface area contributed by atoms with Crippen LogP contribution in [0.1, 0.15) is 64.7 Å². The Morgan fingerprint density at radius 3 is 2.25 bits per heavy atom. The molecule has 0 saturated heterocycles. The normalized spacial score (nSPS) is 43.0. The van der Waals surface area contributed by atoms with E-state index in [1.54, 1.807) is 0 Å². The van der Waals surface area contributed by atoms with Crippen molar-refractivity contribution in [2.45, 2.75) is 70.9 Å². The first-order valence-corrected chi connectivity index (χ1v) is 7.80. The molecule has 0 aliphatic heterocycles. The lowest BCUT2D eigenvalue weighted by molar-refractivity contribution is -0.155. The van der Waals surface area contributed by atoms with Gasteiger partial charge in [-0.2, -0.15) is 13.2 Å². The molecule has 0 aromatic heterocycles. The van der Waals surface area contributed by atoms with Crippen LogP contribution in [0.4, 0.5) is 13.2 Å². The Labute approximate surface area is 118 Å². The van der Waals surface area contributed by atoms with Crippen LogP contribution in [0.3, 0.4) is 0 Å². The molecular weight excluding hydrogens is 265 g/mol. The largest absolute Gasteiger partial charge is 0.389 e. The standard InChI is InChI=1S/C16H23F3O/c1-14-6-11-5-12(7-14)9-15(8-11,10-14)13(20)3-2-4-16(17,18)19/h11-12H,2-10H2,1H3. The summed E-state index contributed by atoms with van der Waals surface area (Å²) in [6, 6.07) is 0. The van der Waals surface area contributed by atoms with E-state index < -0.39 is 12.6 Å². The van der Waals surface area contributed by atoms with Gasteiger partial charge in [-0.3, -0.25) is 4.79 Å². The molecule has 2 unspecified atom stereocenters. The third-order valence-electron chi connectivity index (χ3n) is 5.81. The van der Waals surface area contributed by atoms with E-state index in [4.69, 9.17) is 0 Å². The molecule has 1 nitrogen and oxygen atoms in total. The predicted molar refractivity (Wildman–Crippen MR) is 70.1 cm³/mol. The van der Waals surface area contributed by atoms with Gasteiger partial charge < -0.3 is 0 Å². The lowest BCUT2D eigenvalue weighted by atomic mass is 9.43. The molecule has 4 heteroatoms. The predicted octanol–water partition coefficient (Wildman–Crippen LogP) is 4.89. The third-order valence-corrected chi connectivity index (χ3v) is 5.81. The average Bonchev–Trinajstić information content (AvgIpc) is 2.23. The summed E-state index contributed by atoms with van der Waals surface area (Å²) >= 11 is 0. The highest BCUT2D eigenvalue weighted by atomic mass is 19.4. The quantitative estimate of drug-likeness (QED) is 0.719. The van der Waals surface area contributed by atoms with Crippen LogP contribution in [-0.2, 0) is 4.79 Å². The van der Waals surface area contributed by atoms with Crippen molar-refractivity contribution in [3.8, 4) is 0 Å². The van der Waals surface area contributed by atoms with Gasteiger partial charge in [-0.1, -0.05) is 6.92 Å². The minimum Gasteiger partial charge on any atom is -0.299 e. The van der Waals surface area contributed by atoms with Gasteiger partial charge in [0.25, 0.3) is 0 Å². The van der Waals surface area contributed by atoms with Gasteiger partial charge >= 0.3 is 6.18 Å². The van der Waals surface area contributed by atoms with Gasteiger partial charge in [0.15, 0.2) is 0 Å². The summed E-state index contributed by atoms with van der Waals surface area (Å²) in [6.45, 7) is 2.28. The van der Waals surface area contributed by atoms with Crippen LogP contribution in [-0.4, -0.2) is 12.0 Å². The number of carbonyl (C=O) groups excluding carboxylic acids is 1. The van der Waals surface area contributed by atoms with Gasteiger partial charge in [0.05, 0.1) is 0 Å². The van der Waals surface area contributed by atoms with E-state index in [1.807, 2.05) is 0 Å². The van der Waals surface area contributed by atoms with Crippen LogP contribution >= 0.6 is 0 Å². The number of alkyl halides is 3. The zero-order valence-electron chi connectivity index (χ0n) is 12.1. The molecule has 4 fully saturated rings. The molecular formula is C16H23F3O. The second-order valence-corrected chi connectivity index (χ2v) is 7.94. The molecule has 4 aliphatic rings. The van der Waals surface area contributed by atoms with Crippen LogP contribution in [0.15, 0.2) is 0 Å². The van der Waals surface area contributed by atoms with Crippen molar-refractivity contribution in [2.24, 2.45) is 22.7 Å². The Bertz CT molecular complexity index is 398. The maximum Gasteiger partial charge on any atom is 0.389 e. The number of ketones is 1. The second-order valence-electron chi connectivity index (χ2n) is 7.94. The van der Waals surface area contributed by atoms with Crippen LogP contribution in [0, 0.1) is 22.7 Å².